The van der Waals surface area contributed by atoms with Crippen LogP contribution in [-0.2, 0) is 22.6 Å². The first-order valence-corrected chi connectivity index (χ1v) is 9.61. The van der Waals surface area contributed by atoms with Crippen molar-refractivity contribution in [2.75, 3.05) is 11.9 Å². The van der Waals surface area contributed by atoms with E-state index >= 15 is 0 Å². The highest BCUT2D eigenvalue weighted by molar-refractivity contribution is 5.91. The highest BCUT2D eigenvalue weighted by atomic mass is 16.2. The summed E-state index contributed by atoms with van der Waals surface area (Å²) in [5, 5.41) is 5.85. The Morgan fingerprint density at radius 1 is 1.04 bits per heavy atom. The lowest BCUT2D eigenvalue weighted by atomic mass is 10.2. The maximum absolute atomic E-state index is 12.6. The van der Waals surface area contributed by atoms with Crippen molar-refractivity contribution in [3.8, 4) is 0 Å². The molecular weight excluding hydrogens is 352 g/mol. The van der Waals surface area contributed by atoms with Gasteiger partial charge in [0.1, 0.15) is 12.4 Å². The van der Waals surface area contributed by atoms with Crippen LogP contribution >= 0.6 is 0 Å². The van der Waals surface area contributed by atoms with Gasteiger partial charge in [-0.1, -0.05) is 44.2 Å². The van der Waals surface area contributed by atoms with E-state index in [-0.39, 0.29) is 24.3 Å². The van der Waals surface area contributed by atoms with Crippen molar-refractivity contribution in [1.82, 2.24) is 14.9 Å². The first-order valence-electron chi connectivity index (χ1n) is 9.61. The third-order valence-electron chi connectivity index (χ3n) is 4.49. The van der Waals surface area contributed by atoms with E-state index in [1.807, 2.05) is 73.0 Å². The Kier molecular flexibility index (Phi) is 6.42. The number of para-hydroxylation sites is 3. The van der Waals surface area contributed by atoms with Gasteiger partial charge in [-0.15, -0.1) is 0 Å². The van der Waals surface area contributed by atoms with Crippen LogP contribution in [0.4, 0.5) is 5.69 Å². The number of fused-ring (bicyclic) bond motifs is 1. The Hall–Kier alpha value is -3.15. The van der Waals surface area contributed by atoms with Gasteiger partial charge in [-0.3, -0.25) is 9.59 Å². The van der Waals surface area contributed by atoms with Crippen LogP contribution in [0, 0.1) is 5.92 Å². The fourth-order valence-corrected chi connectivity index (χ4v) is 3.02. The zero-order chi connectivity index (χ0) is 19.9. The molecule has 0 atom stereocenters. The molecule has 2 amide bonds. The number of rotatable bonds is 8. The first-order chi connectivity index (χ1) is 13.5. The second-order valence-corrected chi connectivity index (χ2v) is 7.07. The zero-order valence-electron chi connectivity index (χ0n) is 16.3. The molecule has 28 heavy (non-hydrogen) atoms. The smallest absolute Gasteiger partial charge is 0.244 e. The Balaban J connectivity index is 1.70. The van der Waals surface area contributed by atoms with Crippen molar-refractivity contribution >= 4 is 28.5 Å². The summed E-state index contributed by atoms with van der Waals surface area (Å²) < 4.78 is 1.96. The van der Waals surface area contributed by atoms with Gasteiger partial charge in [0.15, 0.2) is 0 Å². The number of amides is 2. The Morgan fingerprint density at radius 3 is 2.50 bits per heavy atom. The lowest BCUT2D eigenvalue weighted by molar-refractivity contribution is -0.124. The minimum atomic E-state index is -0.0938. The number of hydrogen-bond acceptors (Lipinski definition) is 3. The molecule has 0 saturated heterocycles. The molecule has 0 radical (unpaired) electrons. The van der Waals surface area contributed by atoms with E-state index in [2.05, 4.69) is 10.6 Å². The van der Waals surface area contributed by atoms with Gasteiger partial charge in [0, 0.05) is 24.6 Å². The fourth-order valence-electron chi connectivity index (χ4n) is 3.02. The van der Waals surface area contributed by atoms with Crippen LogP contribution in [0.3, 0.4) is 0 Å². The Bertz CT molecular complexity index is 948. The van der Waals surface area contributed by atoms with Gasteiger partial charge in [-0.25, -0.2) is 4.98 Å². The summed E-state index contributed by atoms with van der Waals surface area (Å²) in [5.74, 6) is 0.786. The van der Waals surface area contributed by atoms with Gasteiger partial charge in [-0.05, 0) is 30.7 Å². The molecule has 0 bridgehead atoms. The molecule has 0 fully saturated rings. The normalized spacial score (nSPS) is 11.0. The number of carbonyl (C=O) groups is 2. The van der Waals surface area contributed by atoms with Crippen molar-refractivity contribution < 1.29 is 9.59 Å². The third kappa shape index (κ3) is 4.97. The van der Waals surface area contributed by atoms with E-state index in [4.69, 9.17) is 4.98 Å². The maximum Gasteiger partial charge on any atom is 0.244 e. The van der Waals surface area contributed by atoms with Crippen molar-refractivity contribution in [3.63, 3.8) is 0 Å². The average Bonchev–Trinajstić information content (AvgIpc) is 3.03. The predicted octanol–water partition coefficient (Wildman–Crippen LogP) is 3.38. The van der Waals surface area contributed by atoms with Crippen LogP contribution in [-0.4, -0.2) is 27.9 Å². The molecule has 3 aromatic rings. The average molecular weight is 378 g/mol. The van der Waals surface area contributed by atoms with Gasteiger partial charge in [0.25, 0.3) is 0 Å². The van der Waals surface area contributed by atoms with Crippen LogP contribution in [0.2, 0.25) is 0 Å². The maximum atomic E-state index is 12.6. The Labute approximate surface area is 165 Å². The third-order valence-corrected chi connectivity index (χ3v) is 4.49. The van der Waals surface area contributed by atoms with Crippen LogP contribution in [0.5, 0.6) is 0 Å². The molecule has 0 aliphatic heterocycles. The highest BCUT2D eigenvalue weighted by Gasteiger charge is 2.14. The van der Waals surface area contributed by atoms with E-state index < -0.39 is 0 Å². The number of aryl methyl sites for hydroxylation is 1. The Morgan fingerprint density at radius 2 is 1.75 bits per heavy atom. The summed E-state index contributed by atoms with van der Waals surface area (Å²) in [6.07, 6.45) is 1.45. The highest BCUT2D eigenvalue weighted by Crippen LogP contribution is 2.17. The minimum absolute atomic E-state index is 0.0220. The molecule has 0 aliphatic carbocycles. The SMILES string of the molecule is CC(C)C(=O)NCCCc1nc2ccccc2n1CC(=O)Nc1ccccc1. The topological polar surface area (TPSA) is 76.0 Å². The summed E-state index contributed by atoms with van der Waals surface area (Å²) in [6, 6.07) is 17.2. The first kappa shape index (κ1) is 19.6. The number of carbonyl (C=O) groups excluding carboxylic acids is 2. The van der Waals surface area contributed by atoms with Gasteiger partial charge in [0.05, 0.1) is 11.0 Å². The van der Waals surface area contributed by atoms with E-state index in [1.54, 1.807) is 0 Å². The van der Waals surface area contributed by atoms with Crippen molar-refractivity contribution in [3.05, 3.63) is 60.4 Å². The second-order valence-electron chi connectivity index (χ2n) is 7.07. The van der Waals surface area contributed by atoms with Crippen molar-refractivity contribution in [1.29, 1.82) is 0 Å². The van der Waals surface area contributed by atoms with Gasteiger partial charge >= 0.3 is 0 Å². The van der Waals surface area contributed by atoms with Crippen LogP contribution in [0.15, 0.2) is 54.6 Å². The van der Waals surface area contributed by atoms with Crippen molar-refractivity contribution in [2.45, 2.75) is 33.2 Å². The number of nitrogens with one attached hydrogen (secondary N) is 2. The van der Waals surface area contributed by atoms with Crippen molar-refractivity contribution in [2.24, 2.45) is 5.92 Å². The summed E-state index contributed by atoms with van der Waals surface area (Å²) >= 11 is 0. The van der Waals surface area contributed by atoms with E-state index in [0.717, 1.165) is 29.0 Å². The monoisotopic (exact) mass is 378 g/mol. The summed E-state index contributed by atoms with van der Waals surface area (Å²) in [4.78, 5) is 28.9. The van der Waals surface area contributed by atoms with Gasteiger partial charge in [0.2, 0.25) is 11.8 Å². The quantitative estimate of drug-likeness (QED) is 0.590. The number of nitrogens with zero attached hydrogens (tertiary/aromatic N) is 2. The van der Waals surface area contributed by atoms with E-state index in [9.17, 15) is 9.59 Å². The number of benzene rings is 2. The molecule has 0 spiro atoms. The number of hydrogen-bond donors (Lipinski definition) is 2. The van der Waals surface area contributed by atoms with Gasteiger partial charge in [-0.2, -0.15) is 0 Å². The molecule has 6 nitrogen and oxygen atoms in total. The zero-order valence-corrected chi connectivity index (χ0v) is 16.3. The molecule has 6 heteroatoms. The van der Waals surface area contributed by atoms with E-state index in [1.165, 1.54) is 0 Å². The number of anilines is 1. The molecule has 2 N–H and O–H groups in total. The summed E-state index contributed by atoms with van der Waals surface area (Å²) in [5.41, 5.74) is 2.58. The molecule has 0 saturated carbocycles. The van der Waals surface area contributed by atoms with Crippen LogP contribution < -0.4 is 10.6 Å². The second kappa shape index (κ2) is 9.17. The number of aromatic nitrogens is 2. The lowest BCUT2D eigenvalue weighted by Gasteiger charge is -2.11. The van der Waals surface area contributed by atoms with E-state index in [0.29, 0.717) is 13.0 Å². The molecule has 3 rings (SSSR count). The standard InChI is InChI=1S/C22H26N4O2/c1-16(2)22(28)23-14-8-13-20-25-18-11-6-7-12-19(18)26(20)15-21(27)24-17-9-4-3-5-10-17/h3-7,9-12,16H,8,13-15H2,1-2H3,(H,23,28)(H,24,27). The largest absolute Gasteiger partial charge is 0.356 e. The molecule has 1 aromatic heterocycles. The molecule has 0 aliphatic rings. The number of imidazole rings is 1. The molecule has 0 unspecified atom stereocenters. The molecular formula is C22H26N4O2. The molecule has 146 valence electrons. The van der Waals surface area contributed by atoms with Crippen LogP contribution in [0.1, 0.15) is 26.1 Å². The summed E-state index contributed by atoms with van der Waals surface area (Å²) in [7, 11) is 0. The lowest BCUT2D eigenvalue weighted by Crippen LogP contribution is -2.29. The minimum Gasteiger partial charge on any atom is -0.356 e. The van der Waals surface area contributed by atoms with Crippen LogP contribution in [0.25, 0.3) is 11.0 Å². The summed E-state index contributed by atoms with van der Waals surface area (Å²) in [6.45, 7) is 4.54. The fraction of sp³-hybridized carbons (Fsp3) is 0.318. The molecule has 2 aromatic carbocycles. The van der Waals surface area contributed by atoms with Gasteiger partial charge < -0.3 is 15.2 Å². The molecule has 1 heterocycles. The predicted molar refractivity (Wildman–Crippen MR) is 111 cm³/mol.